The topological polar surface area (TPSA) is 47.9 Å². The third kappa shape index (κ3) is 3.30. The van der Waals surface area contributed by atoms with E-state index in [0.29, 0.717) is 17.1 Å². The Hall–Kier alpha value is -1.47. The minimum Gasteiger partial charge on any atom is -0.454 e. The van der Waals surface area contributed by atoms with E-state index in [9.17, 15) is 18.3 Å². The Labute approximate surface area is 107 Å². The van der Waals surface area contributed by atoms with Crippen LogP contribution in [0.4, 0.5) is 13.2 Å². The fourth-order valence-corrected chi connectivity index (χ4v) is 1.55. The molecule has 1 N–H and O–H groups in total. The van der Waals surface area contributed by atoms with Crippen molar-refractivity contribution < 1.29 is 32.5 Å². The molecule has 0 amide bonds. The molecule has 2 atom stereocenters. The molecule has 0 spiro atoms. The number of alkyl halides is 3. The number of halogens is 3. The first-order valence-electron chi connectivity index (χ1n) is 5.64. The summed E-state index contributed by atoms with van der Waals surface area (Å²) in [6.07, 6.45) is -7.51. The van der Waals surface area contributed by atoms with Crippen molar-refractivity contribution in [2.45, 2.75) is 25.3 Å². The lowest BCUT2D eigenvalue weighted by Gasteiger charge is -2.19. The van der Waals surface area contributed by atoms with Crippen LogP contribution in [-0.4, -0.2) is 30.8 Å². The summed E-state index contributed by atoms with van der Waals surface area (Å²) in [6, 6.07) is 4.67. The normalized spacial score (nSPS) is 17.3. The summed E-state index contributed by atoms with van der Waals surface area (Å²) in [5.41, 5.74) is 0.415. The van der Waals surface area contributed by atoms with E-state index in [1.54, 1.807) is 12.1 Å². The number of rotatable bonds is 4. The molecule has 0 fully saturated rings. The van der Waals surface area contributed by atoms with Crippen LogP contribution < -0.4 is 9.47 Å². The molecule has 1 aliphatic rings. The maximum atomic E-state index is 12.2. The highest BCUT2D eigenvalue weighted by Crippen LogP contribution is 2.34. The van der Waals surface area contributed by atoms with Gasteiger partial charge in [0.2, 0.25) is 6.79 Å². The van der Waals surface area contributed by atoms with Crippen LogP contribution in [-0.2, 0) is 4.74 Å². The van der Waals surface area contributed by atoms with E-state index in [1.807, 2.05) is 0 Å². The minimum atomic E-state index is -4.44. The summed E-state index contributed by atoms with van der Waals surface area (Å²) in [5.74, 6) is 1.00. The first-order valence-corrected chi connectivity index (χ1v) is 5.64. The van der Waals surface area contributed by atoms with Crippen molar-refractivity contribution in [2.75, 3.05) is 13.4 Å². The summed E-state index contributed by atoms with van der Waals surface area (Å²) in [6.45, 7) is 0.545. The molecule has 1 heterocycles. The standard InChI is InChI=1S/C12H13F3O4/c1-7(12(13,14)15)17-5-9(16)8-2-3-10-11(4-8)19-6-18-10/h2-4,7,9,16H,5-6H2,1H3. The van der Waals surface area contributed by atoms with Crippen LogP contribution in [0.25, 0.3) is 0 Å². The van der Waals surface area contributed by atoms with Crippen molar-refractivity contribution in [3.8, 4) is 11.5 Å². The number of hydrogen-bond donors (Lipinski definition) is 1. The molecule has 0 radical (unpaired) electrons. The highest BCUT2D eigenvalue weighted by Gasteiger charge is 2.37. The predicted octanol–water partition coefficient (Wildman–Crippen LogP) is 2.42. The summed E-state index contributed by atoms with van der Waals surface area (Å²) < 4.78 is 51.5. The number of fused-ring (bicyclic) bond motifs is 1. The molecule has 7 heteroatoms. The van der Waals surface area contributed by atoms with Gasteiger partial charge in [0.15, 0.2) is 17.6 Å². The van der Waals surface area contributed by atoms with Gasteiger partial charge in [-0.3, -0.25) is 0 Å². The Kier molecular flexibility index (Phi) is 3.86. The van der Waals surface area contributed by atoms with Crippen molar-refractivity contribution in [1.29, 1.82) is 0 Å². The third-order valence-corrected chi connectivity index (χ3v) is 2.75. The Morgan fingerprint density at radius 2 is 2.00 bits per heavy atom. The average Bonchev–Trinajstić information content (AvgIpc) is 2.81. The zero-order valence-electron chi connectivity index (χ0n) is 10.1. The summed E-state index contributed by atoms with van der Waals surface area (Å²) in [4.78, 5) is 0. The Bertz CT molecular complexity index is 447. The first-order chi connectivity index (χ1) is 8.88. The number of hydrogen-bond acceptors (Lipinski definition) is 4. The lowest BCUT2D eigenvalue weighted by Crippen LogP contribution is -2.30. The lowest BCUT2D eigenvalue weighted by molar-refractivity contribution is -0.219. The van der Waals surface area contributed by atoms with E-state index in [0.717, 1.165) is 6.92 Å². The van der Waals surface area contributed by atoms with E-state index < -0.39 is 25.0 Å². The largest absolute Gasteiger partial charge is 0.454 e. The predicted molar refractivity (Wildman–Crippen MR) is 59.0 cm³/mol. The smallest absolute Gasteiger partial charge is 0.414 e. The molecule has 0 saturated carbocycles. The van der Waals surface area contributed by atoms with Gasteiger partial charge in [-0.15, -0.1) is 0 Å². The second-order valence-corrected chi connectivity index (χ2v) is 4.15. The number of aliphatic hydroxyl groups excluding tert-OH is 1. The van der Waals surface area contributed by atoms with Gasteiger partial charge in [-0.05, 0) is 24.6 Å². The zero-order chi connectivity index (χ0) is 14.0. The van der Waals surface area contributed by atoms with Gasteiger partial charge in [0.05, 0.1) is 6.61 Å². The van der Waals surface area contributed by atoms with Crippen molar-refractivity contribution in [3.63, 3.8) is 0 Å². The van der Waals surface area contributed by atoms with E-state index in [1.165, 1.54) is 6.07 Å². The van der Waals surface area contributed by atoms with Crippen LogP contribution in [0.15, 0.2) is 18.2 Å². The second kappa shape index (κ2) is 5.26. The molecule has 2 unspecified atom stereocenters. The van der Waals surface area contributed by atoms with Crippen molar-refractivity contribution >= 4 is 0 Å². The third-order valence-electron chi connectivity index (χ3n) is 2.75. The quantitative estimate of drug-likeness (QED) is 0.918. The van der Waals surface area contributed by atoms with E-state index >= 15 is 0 Å². The molecule has 2 rings (SSSR count). The number of ether oxygens (including phenoxy) is 3. The molecule has 1 aromatic carbocycles. The molecule has 4 nitrogen and oxygen atoms in total. The zero-order valence-corrected chi connectivity index (χ0v) is 10.1. The Morgan fingerprint density at radius 3 is 2.68 bits per heavy atom. The minimum absolute atomic E-state index is 0.0937. The Balaban J connectivity index is 1.95. The number of aliphatic hydroxyl groups is 1. The molecule has 0 aromatic heterocycles. The maximum Gasteiger partial charge on any atom is 0.414 e. The van der Waals surface area contributed by atoms with Crippen LogP contribution in [0.3, 0.4) is 0 Å². The molecule has 0 bridgehead atoms. The molecular weight excluding hydrogens is 265 g/mol. The van der Waals surface area contributed by atoms with Crippen molar-refractivity contribution in [3.05, 3.63) is 23.8 Å². The van der Waals surface area contributed by atoms with Gasteiger partial charge in [0.1, 0.15) is 6.10 Å². The summed E-state index contributed by atoms with van der Waals surface area (Å²) >= 11 is 0. The Morgan fingerprint density at radius 1 is 1.32 bits per heavy atom. The SMILES string of the molecule is CC(OCC(O)c1ccc2c(c1)OCO2)C(F)(F)F. The molecule has 19 heavy (non-hydrogen) atoms. The molecule has 1 aromatic rings. The molecule has 0 aliphatic carbocycles. The lowest BCUT2D eigenvalue weighted by atomic mass is 10.1. The van der Waals surface area contributed by atoms with Crippen molar-refractivity contribution in [2.24, 2.45) is 0 Å². The molecule has 0 saturated heterocycles. The van der Waals surface area contributed by atoms with Crippen LogP contribution in [0.2, 0.25) is 0 Å². The van der Waals surface area contributed by atoms with Gasteiger partial charge in [-0.1, -0.05) is 6.07 Å². The van der Waals surface area contributed by atoms with Crippen LogP contribution >= 0.6 is 0 Å². The summed E-state index contributed by atoms with van der Waals surface area (Å²) in [5, 5.41) is 9.78. The van der Waals surface area contributed by atoms with Gasteiger partial charge in [0, 0.05) is 0 Å². The average molecular weight is 278 g/mol. The number of benzene rings is 1. The highest BCUT2D eigenvalue weighted by molar-refractivity contribution is 5.45. The molecular formula is C12H13F3O4. The fraction of sp³-hybridized carbons (Fsp3) is 0.500. The van der Waals surface area contributed by atoms with Crippen LogP contribution in [0, 0.1) is 0 Å². The fourth-order valence-electron chi connectivity index (χ4n) is 1.55. The van der Waals surface area contributed by atoms with Gasteiger partial charge >= 0.3 is 6.18 Å². The first kappa shape index (κ1) is 14.0. The second-order valence-electron chi connectivity index (χ2n) is 4.15. The molecule has 106 valence electrons. The van der Waals surface area contributed by atoms with Crippen LogP contribution in [0.5, 0.6) is 11.5 Å². The van der Waals surface area contributed by atoms with Crippen LogP contribution in [0.1, 0.15) is 18.6 Å². The van der Waals surface area contributed by atoms with Gasteiger partial charge < -0.3 is 19.3 Å². The van der Waals surface area contributed by atoms with E-state index in [4.69, 9.17) is 9.47 Å². The highest BCUT2D eigenvalue weighted by atomic mass is 19.4. The van der Waals surface area contributed by atoms with Gasteiger partial charge in [0.25, 0.3) is 0 Å². The molecule has 1 aliphatic heterocycles. The summed E-state index contributed by atoms with van der Waals surface area (Å²) in [7, 11) is 0. The van der Waals surface area contributed by atoms with Gasteiger partial charge in [-0.25, -0.2) is 0 Å². The maximum absolute atomic E-state index is 12.2. The van der Waals surface area contributed by atoms with Gasteiger partial charge in [-0.2, -0.15) is 13.2 Å². The monoisotopic (exact) mass is 278 g/mol. The van der Waals surface area contributed by atoms with E-state index in [2.05, 4.69) is 4.74 Å². The van der Waals surface area contributed by atoms with Crippen molar-refractivity contribution in [1.82, 2.24) is 0 Å². The van der Waals surface area contributed by atoms with E-state index in [-0.39, 0.29) is 6.79 Å².